The fourth-order valence-corrected chi connectivity index (χ4v) is 3.29. The van der Waals surface area contributed by atoms with Crippen LogP contribution in [0.2, 0.25) is 0 Å². The van der Waals surface area contributed by atoms with E-state index in [1.807, 2.05) is 55.4 Å². The molecule has 2 unspecified atom stereocenters. The summed E-state index contributed by atoms with van der Waals surface area (Å²) in [5.41, 5.74) is 0. The minimum absolute atomic E-state index is 0.0203. The van der Waals surface area contributed by atoms with Gasteiger partial charge in [0.1, 0.15) is 0 Å². The number of hydrogen-bond acceptors (Lipinski definition) is 5. The summed E-state index contributed by atoms with van der Waals surface area (Å²) in [6, 6.07) is 0.0799. The molecule has 3 N–H and O–H groups in total. The first kappa shape index (κ1) is 27.7. The second-order valence-electron chi connectivity index (χ2n) is 9.25. The molecule has 0 saturated carbocycles. The van der Waals surface area contributed by atoms with Crippen molar-refractivity contribution in [2.45, 2.75) is 112 Å². The first-order valence-electron chi connectivity index (χ1n) is 11.3. The Bertz CT molecular complexity index is 502. The maximum absolute atomic E-state index is 12.3. The normalized spacial score (nSPS) is 13.9. The highest BCUT2D eigenvalue weighted by Gasteiger charge is 2.23. The van der Waals surface area contributed by atoms with Gasteiger partial charge in [-0.1, -0.05) is 55.4 Å². The van der Waals surface area contributed by atoms with E-state index in [0.29, 0.717) is 19.4 Å². The van der Waals surface area contributed by atoms with Crippen molar-refractivity contribution < 1.29 is 14.4 Å². The summed E-state index contributed by atoms with van der Waals surface area (Å²) >= 11 is 0. The molecule has 0 aromatic rings. The number of nitrogens with one attached hydrogen (secondary N) is 3. The molecule has 0 rings (SSSR count). The van der Waals surface area contributed by atoms with Gasteiger partial charge in [0.15, 0.2) is 11.6 Å². The van der Waals surface area contributed by atoms with Crippen LogP contribution in [0, 0.1) is 11.8 Å². The molecule has 0 bridgehead atoms. The minimum atomic E-state index is -0.273. The van der Waals surface area contributed by atoms with Gasteiger partial charge < -0.3 is 16.0 Å². The Morgan fingerprint density at radius 2 is 1.10 bits per heavy atom. The zero-order valence-electron chi connectivity index (χ0n) is 19.9. The number of hydrogen-bond donors (Lipinski definition) is 3. The summed E-state index contributed by atoms with van der Waals surface area (Å²) in [6.07, 6.45) is 3.36. The van der Waals surface area contributed by atoms with E-state index in [1.165, 1.54) is 0 Å². The molecule has 29 heavy (non-hydrogen) atoms. The van der Waals surface area contributed by atoms with Gasteiger partial charge in [-0.2, -0.15) is 0 Å². The Labute approximate surface area is 178 Å². The maximum Gasteiger partial charge on any atom is 0.220 e. The molecular weight excluding hydrogens is 366 g/mol. The Kier molecular flexibility index (Phi) is 14.0. The van der Waals surface area contributed by atoms with Crippen LogP contribution in [0.1, 0.15) is 87.5 Å². The van der Waals surface area contributed by atoms with Crippen molar-refractivity contribution in [2.24, 2.45) is 11.8 Å². The fourth-order valence-electron chi connectivity index (χ4n) is 3.29. The standard InChI is InChI=1S/C23H45N3O3/c1-15(2)22(28)19(25-17(5)6)11-9-10-14-24-21(27)13-12-20(26-18(7)8)23(29)16(3)4/h15-20,25-26H,9-14H2,1-8H3,(H,24,27). The van der Waals surface area contributed by atoms with Gasteiger partial charge in [0.25, 0.3) is 0 Å². The lowest BCUT2D eigenvalue weighted by molar-refractivity contribution is -0.125. The van der Waals surface area contributed by atoms with Crippen LogP contribution < -0.4 is 16.0 Å². The second-order valence-corrected chi connectivity index (χ2v) is 9.25. The summed E-state index contributed by atoms with van der Waals surface area (Å²) in [4.78, 5) is 36.8. The van der Waals surface area contributed by atoms with Crippen molar-refractivity contribution in [3.05, 3.63) is 0 Å². The molecule has 0 fully saturated rings. The van der Waals surface area contributed by atoms with Crippen molar-refractivity contribution >= 4 is 17.5 Å². The molecule has 6 nitrogen and oxygen atoms in total. The lowest BCUT2D eigenvalue weighted by atomic mass is 9.96. The number of Topliss-reactive ketones (excluding diaryl/α,β-unsaturated/α-hetero) is 2. The van der Waals surface area contributed by atoms with Gasteiger partial charge in [-0.3, -0.25) is 14.4 Å². The smallest absolute Gasteiger partial charge is 0.220 e. The van der Waals surface area contributed by atoms with E-state index in [-0.39, 0.29) is 53.5 Å². The van der Waals surface area contributed by atoms with Gasteiger partial charge in [0.05, 0.1) is 12.1 Å². The summed E-state index contributed by atoms with van der Waals surface area (Å²) in [5, 5.41) is 9.57. The van der Waals surface area contributed by atoms with Crippen molar-refractivity contribution in [1.29, 1.82) is 0 Å². The van der Waals surface area contributed by atoms with Crippen LogP contribution in [-0.2, 0) is 14.4 Å². The number of unbranched alkanes of at least 4 members (excludes halogenated alkanes) is 1. The number of carbonyl (C=O) groups is 3. The average Bonchev–Trinajstić information content (AvgIpc) is 2.61. The Hall–Kier alpha value is -1.27. The zero-order valence-corrected chi connectivity index (χ0v) is 19.9. The molecule has 0 radical (unpaired) electrons. The van der Waals surface area contributed by atoms with E-state index >= 15 is 0 Å². The monoisotopic (exact) mass is 411 g/mol. The fraction of sp³-hybridized carbons (Fsp3) is 0.870. The molecule has 0 heterocycles. The molecule has 6 heteroatoms. The van der Waals surface area contributed by atoms with Crippen molar-refractivity contribution in [2.75, 3.05) is 6.54 Å². The maximum atomic E-state index is 12.3. The second kappa shape index (κ2) is 14.7. The summed E-state index contributed by atoms with van der Waals surface area (Å²) < 4.78 is 0. The van der Waals surface area contributed by atoms with Crippen LogP contribution >= 0.6 is 0 Å². The molecule has 0 aliphatic carbocycles. The topological polar surface area (TPSA) is 87.3 Å². The van der Waals surface area contributed by atoms with E-state index in [0.717, 1.165) is 19.3 Å². The van der Waals surface area contributed by atoms with Crippen LogP contribution in [0.5, 0.6) is 0 Å². The van der Waals surface area contributed by atoms with Crippen molar-refractivity contribution in [1.82, 2.24) is 16.0 Å². The predicted octanol–water partition coefficient (Wildman–Crippen LogP) is 3.24. The highest BCUT2D eigenvalue weighted by molar-refractivity contribution is 5.86. The van der Waals surface area contributed by atoms with E-state index in [2.05, 4.69) is 16.0 Å². The summed E-state index contributed by atoms with van der Waals surface area (Å²) in [7, 11) is 0. The molecule has 0 spiro atoms. The first-order chi connectivity index (χ1) is 13.5. The quantitative estimate of drug-likeness (QED) is 0.339. The van der Waals surface area contributed by atoms with Gasteiger partial charge in [0.2, 0.25) is 5.91 Å². The van der Waals surface area contributed by atoms with E-state index in [1.54, 1.807) is 0 Å². The van der Waals surface area contributed by atoms with E-state index < -0.39 is 0 Å². The molecule has 0 aromatic heterocycles. The van der Waals surface area contributed by atoms with Gasteiger partial charge in [-0.25, -0.2) is 0 Å². The molecule has 0 aromatic carbocycles. The lowest BCUT2D eigenvalue weighted by Gasteiger charge is -2.22. The number of ketones is 2. The predicted molar refractivity (Wildman–Crippen MR) is 120 cm³/mol. The molecule has 1 amide bonds. The summed E-state index contributed by atoms with van der Waals surface area (Å²) in [5.74, 6) is 0.362. The van der Waals surface area contributed by atoms with Gasteiger partial charge in [-0.05, 0) is 25.7 Å². The highest BCUT2D eigenvalue weighted by atomic mass is 16.2. The Morgan fingerprint density at radius 3 is 1.52 bits per heavy atom. The molecule has 170 valence electrons. The van der Waals surface area contributed by atoms with Crippen LogP contribution in [0.4, 0.5) is 0 Å². The first-order valence-corrected chi connectivity index (χ1v) is 11.3. The third kappa shape index (κ3) is 12.8. The SMILES string of the molecule is CC(C)NC(CCCCNC(=O)CCC(NC(C)C)C(=O)C(C)C)C(=O)C(C)C. The Balaban J connectivity index is 4.27. The molecule has 0 saturated heterocycles. The van der Waals surface area contributed by atoms with E-state index in [9.17, 15) is 14.4 Å². The third-order valence-corrected chi connectivity index (χ3v) is 4.80. The number of rotatable bonds is 16. The zero-order chi connectivity index (χ0) is 22.6. The summed E-state index contributed by atoms with van der Waals surface area (Å²) in [6.45, 7) is 16.4. The Morgan fingerprint density at radius 1 is 0.655 bits per heavy atom. The van der Waals surface area contributed by atoms with Crippen LogP contribution in [-0.4, -0.2) is 48.2 Å². The molecular formula is C23H45N3O3. The highest BCUT2D eigenvalue weighted by Crippen LogP contribution is 2.10. The molecule has 2 atom stereocenters. The van der Waals surface area contributed by atoms with Crippen LogP contribution in [0.15, 0.2) is 0 Å². The average molecular weight is 412 g/mol. The van der Waals surface area contributed by atoms with Crippen LogP contribution in [0.3, 0.4) is 0 Å². The van der Waals surface area contributed by atoms with Crippen molar-refractivity contribution in [3.8, 4) is 0 Å². The molecule has 0 aliphatic rings. The minimum Gasteiger partial charge on any atom is -0.356 e. The van der Waals surface area contributed by atoms with Gasteiger partial charge in [-0.15, -0.1) is 0 Å². The molecule has 0 aliphatic heterocycles. The van der Waals surface area contributed by atoms with Crippen LogP contribution in [0.25, 0.3) is 0 Å². The van der Waals surface area contributed by atoms with E-state index in [4.69, 9.17) is 0 Å². The number of carbonyl (C=O) groups excluding carboxylic acids is 3. The third-order valence-electron chi connectivity index (χ3n) is 4.80. The number of amides is 1. The van der Waals surface area contributed by atoms with Gasteiger partial charge in [0, 0.05) is 36.9 Å². The lowest BCUT2D eigenvalue weighted by Crippen LogP contribution is -2.43. The van der Waals surface area contributed by atoms with Gasteiger partial charge >= 0.3 is 0 Å². The largest absolute Gasteiger partial charge is 0.356 e. The van der Waals surface area contributed by atoms with Crippen molar-refractivity contribution in [3.63, 3.8) is 0 Å².